The molecule has 0 atom stereocenters. The zero-order valence-electron chi connectivity index (χ0n) is 15.6. The van der Waals surface area contributed by atoms with Gasteiger partial charge in [-0.3, -0.25) is 4.79 Å². The number of halogens is 2. The third-order valence-electron chi connectivity index (χ3n) is 4.09. The Morgan fingerprint density at radius 1 is 1.21 bits per heavy atom. The van der Waals surface area contributed by atoms with Gasteiger partial charge in [0.2, 0.25) is 0 Å². The molecule has 3 rings (SSSR count). The molecule has 0 saturated carbocycles. The number of ether oxygens (including phenoxy) is 2. The minimum atomic E-state index is -0.688. The number of amides is 1. The number of carbonyl (C=O) groups excluding carboxylic acids is 1. The zero-order chi connectivity index (χ0) is 20.1. The van der Waals surface area contributed by atoms with E-state index in [-0.39, 0.29) is 17.8 Å². The lowest BCUT2D eigenvalue weighted by atomic mass is 10.1. The van der Waals surface area contributed by atoms with Crippen LogP contribution in [-0.4, -0.2) is 30.8 Å². The molecule has 0 fully saturated rings. The summed E-state index contributed by atoms with van der Waals surface area (Å²) in [4.78, 5) is 16.9. The van der Waals surface area contributed by atoms with E-state index < -0.39 is 11.6 Å². The summed E-state index contributed by atoms with van der Waals surface area (Å²) in [6, 6.07) is 9.18. The maximum absolute atomic E-state index is 14.4. The van der Waals surface area contributed by atoms with Gasteiger partial charge in [-0.2, -0.15) is 4.99 Å². The number of methoxy groups -OCH3 is 1. The van der Waals surface area contributed by atoms with Crippen LogP contribution in [0.25, 0.3) is 10.2 Å². The van der Waals surface area contributed by atoms with Gasteiger partial charge in [0.25, 0.3) is 5.91 Å². The van der Waals surface area contributed by atoms with E-state index in [9.17, 15) is 13.6 Å². The van der Waals surface area contributed by atoms with E-state index >= 15 is 0 Å². The molecule has 2 aromatic carbocycles. The Morgan fingerprint density at radius 3 is 2.64 bits per heavy atom. The quantitative estimate of drug-likeness (QED) is 0.563. The number of thiazole rings is 1. The molecule has 0 saturated heterocycles. The molecule has 1 heterocycles. The van der Waals surface area contributed by atoms with Crippen molar-refractivity contribution >= 4 is 27.5 Å². The molecule has 148 valence electrons. The average Bonchev–Trinajstić information content (AvgIpc) is 2.99. The smallest absolute Gasteiger partial charge is 0.252 e. The predicted molar refractivity (Wildman–Crippen MR) is 103 cm³/mol. The van der Waals surface area contributed by atoms with E-state index in [2.05, 4.69) is 4.99 Å². The molecule has 0 bridgehead atoms. The summed E-state index contributed by atoms with van der Waals surface area (Å²) in [5, 5.41) is 0. The summed E-state index contributed by atoms with van der Waals surface area (Å²) >= 11 is 1.08. The van der Waals surface area contributed by atoms with Crippen molar-refractivity contribution < 1.29 is 23.0 Å². The van der Waals surface area contributed by atoms with E-state index in [1.165, 1.54) is 6.07 Å². The molecule has 8 heteroatoms. The van der Waals surface area contributed by atoms with Crippen LogP contribution in [0.2, 0.25) is 0 Å². The highest BCUT2D eigenvalue weighted by Crippen LogP contribution is 2.22. The van der Waals surface area contributed by atoms with Gasteiger partial charge < -0.3 is 14.0 Å². The number of hydrogen-bond donors (Lipinski definition) is 0. The fourth-order valence-electron chi connectivity index (χ4n) is 2.79. The second-order valence-electron chi connectivity index (χ2n) is 6.00. The number of fused-ring (bicyclic) bond motifs is 1. The standard InChI is InChI=1S/C20H20F2N2O3S/c1-3-27-9-8-24-19-16(22)11-14(21)12-17(19)28-20(24)23-18(25)10-13-4-6-15(26-2)7-5-13/h4-7,11-12H,3,8-10H2,1-2H3. The molecule has 0 radical (unpaired) electrons. The molecule has 3 aromatic rings. The van der Waals surface area contributed by atoms with Crippen molar-refractivity contribution in [2.75, 3.05) is 20.3 Å². The molecule has 1 aromatic heterocycles. The summed E-state index contributed by atoms with van der Waals surface area (Å²) in [6.07, 6.45) is 0.0978. The van der Waals surface area contributed by atoms with Gasteiger partial charge in [-0.15, -0.1) is 0 Å². The Morgan fingerprint density at radius 2 is 1.96 bits per heavy atom. The molecular weight excluding hydrogens is 386 g/mol. The first kappa shape index (κ1) is 20.2. The topological polar surface area (TPSA) is 52.8 Å². The van der Waals surface area contributed by atoms with Crippen LogP contribution >= 0.6 is 11.3 Å². The molecule has 1 amide bonds. The minimum absolute atomic E-state index is 0.0978. The van der Waals surface area contributed by atoms with Crippen LogP contribution in [0, 0.1) is 11.6 Å². The minimum Gasteiger partial charge on any atom is -0.497 e. The highest BCUT2D eigenvalue weighted by atomic mass is 32.1. The van der Waals surface area contributed by atoms with Gasteiger partial charge in [0.05, 0.1) is 30.4 Å². The molecule has 0 N–H and O–H groups in total. The van der Waals surface area contributed by atoms with E-state index in [0.717, 1.165) is 23.0 Å². The van der Waals surface area contributed by atoms with Crippen molar-refractivity contribution in [1.82, 2.24) is 4.57 Å². The molecule has 0 spiro atoms. The van der Waals surface area contributed by atoms with Gasteiger partial charge in [0, 0.05) is 19.2 Å². The number of rotatable bonds is 7. The lowest BCUT2D eigenvalue weighted by Gasteiger charge is -2.06. The molecule has 0 aliphatic rings. The average molecular weight is 406 g/mol. The summed E-state index contributed by atoms with van der Waals surface area (Å²) in [5.41, 5.74) is 1.01. The van der Waals surface area contributed by atoms with Gasteiger partial charge in [0.1, 0.15) is 11.6 Å². The third-order valence-corrected chi connectivity index (χ3v) is 5.12. The van der Waals surface area contributed by atoms with Crippen LogP contribution in [-0.2, 0) is 22.5 Å². The SMILES string of the molecule is CCOCCn1c(=NC(=O)Cc2ccc(OC)cc2)sc2cc(F)cc(F)c21. The van der Waals surface area contributed by atoms with E-state index in [1.807, 2.05) is 6.92 Å². The second kappa shape index (κ2) is 9.07. The number of carbonyl (C=O) groups is 1. The number of aromatic nitrogens is 1. The van der Waals surface area contributed by atoms with Crippen LogP contribution in [0.5, 0.6) is 5.75 Å². The van der Waals surface area contributed by atoms with Crippen LogP contribution in [0.15, 0.2) is 41.4 Å². The molecular formula is C20H20F2N2O3S. The van der Waals surface area contributed by atoms with Gasteiger partial charge >= 0.3 is 0 Å². The zero-order valence-corrected chi connectivity index (χ0v) is 16.4. The fraction of sp³-hybridized carbons (Fsp3) is 0.300. The predicted octanol–water partition coefficient (Wildman–Crippen LogP) is 3.70. The number of nitrogens with zero attached hydrogens (tertiary/aromatic N) is 2. The van der Waals surface area contributed by atoms with Crippen LogP contribution in [0.3, 0.4) is 0 Å². The normalized spacial score (nSPS) is 11.9. The monoisotopic (exact) mass is 406 g/mol. The maximum atomic E-state index is 14.4. The highest BCUT2D eigenvalue weighted by Gasteiger charge is 2.14. The first-order valence-corrected chi connectivity index (χ1v) is 9.60. The Balaban J connectivity index is 1.95. The third kappa shape index (κ3) is 4.63. The van der Waals surface area contributed by atoms with Crippen molar-refractivity contribution in [3.05, 3.63) is 58.4 Å². The summed E-state index contributed by atoms with van der Waals surface area (Å²) in [5.74, 6) is -1.03. The van der Waals surface area contributed by atoms with Gasteiger partial charge in [0.15, 0.2) is 10.6 Å². The van der Waals surface area contributed by atoms with Crippen LogP contribution in [0.1, 0.15) is 12.5 Å². The van der Waals surface area contributed by atoms with Gasteiger partial charge in [-0.1, -0.05) is 23.5 Å². The highest BCUT2D eigenvalue weighted by molar-refractivity contribution is 7.16. The first-order chi connectivity index (χ1) is 13.5. The van der Waals surface area contributed by atoms with E-state index in [4.69, 9.17) is 9.47 Å². The second-order valence-corrected chi connectivity index (χ2v) is 7.01. The fourth-order valence-corrected chi connectivity index (χ4v) is 3.90. The molecule has 0 aliphatic heterocycles. The molecule has 5 nitrogen and oxygen atoms in total. The number of hydrogen-bond acceptors (Lipinski definition) is 4. The van der Waals surface area contributed by atoms with Crippen LogP contribution < -0.4 is 9.54 Å². The van der Waals surface area contributed by atoms with E-state index in [1.54, 1.807) is 35.9 Å². The molecule has 0 aliphatic carbocycles. The number of benzene rings is 2. The Labute approximate surface area is 164 Å². The van der Waals surface area contributed by atoms with Gasteiger partial charge in [-0.25, -0.2) is 8.78 Å². The van der Waals surface area contributed by atoms with Crippen molar-refractivity contribution in [2.24, 2.45) is 4.99 Å². The largest absolute Gasteiger partial charge is 0.497 e. The lowest BCUT2D eigenvalue weighted by molar-refractivity contribution is -0.117. The Kier molecular flexibility index (Phi) is 6.53. The summed E-state index contributed by atoms with van der Waals surface area (Å²) < 4.78 is 40.3. The van der Waals surface area contributed by atoms with E-state index in [0.29, 0.717) is 35.0 Å². The van der Waals surface area contributed by atoms with Crippen molar-refractivity contribution in [1.29, 1.82) is 0 Å². The van der Waals surface area contributed by atoms with Gasteiger partial charge in [-0.05, 0) is 30.7 Å². The Hall–Kier alpha value is -2.58. The molecule has 0 unspecified atom stereocenters. The van der Waals surface area contributed by atoms with Crippen molar-refractivity contribution in [3.8, 4) is 5.75 Å². The maximum Gasteiger partial charge on any atom is 0.252 e. The van der Waals surface area contributed by atoms with Crippen molar-refractivity contribution in [3.63, 3.8) is 0 Å². The summed E-state index contributed by atoms with van der Waals surface area (Å²) in [6.45, 7) is 3.02. The lowest BCUT2D eigenvalue weighted by Crippen LogP contribution is -2.20. The summed E-state index contributed by atoms with van der Waals surface area (Å²) in [7, 11) is 1.57. The first-order valence-electron chi connectivity index (χ1n) is 8.78. The Bertz CT molecular complexity index is 1040. The van der Waals surface area contributed by atoms with Crippen LogP contribution in [0.4, 0.5) is 8.78 Å². The van der Waals surface area contributed by atoms with Crippen molar-refractivity contribution in [2.45, 2.75) is 19.9 Å². The molecule has 28 heavy (non-hydrogen) atoms.